The van der Waals surface area contributed by atoms with E-state index >= 15 is 0 Å². The second kappa shape index (κ2) is 5.53. The van der Waals surface area contributed by atoms with Gasteiger partial charge < -0.3 is 11.1 Å². The molecule has 0 saturated heterocycles. The van der Waals surface area contributed by atoms with Crippen LogP contribution < -0.4 is 11.1 Å². The van der Waals surface area contributed by atoms with Crippen LogP contribution in [0.4, 0.5) is 0 Å². The molecule has 1 aliphatic rings. The van der Waals surface area contributed by atoms with Gasteiger partial charge in [0.15, 0.2) is 0 Å². The van der Waals surface area contributed by atoms with Gasteiger partial charge in [0.1, 0.15) is 0 Å². The zero-order chi connectivity index (χ0) is 13.0. The summed E-state index contributed by atoms with van der Waals surface area (Å²) < 4.78 is 0. The number of carbonyl (C=O) groups is 1. The van der Waals surface area contributed by atoms with E-state index in [0.29, 0.717) is 13.1 Å². The second-order valence-corrected chi connectivity index (χ2v) is 5.36. The van der Waals surface area contributed by atoms with E-state index in [-0.39, 0.29) is 11.3 Å². The number of amides is 1. The van der Waals surface area contributed by atoms with E-state index in [1.165, 1.54) is 5.56 Å². The fraction of sp³-hybridized carbons (Fsp3) is 0.533. The molecule has 1 aromatic carbocycles. The molecular formula is C15H22N2O. The van der Waals surface area contributed by atoms with Gasteiger partial charge in [-0.3, -0.25) is 4.79 Å². The Bertz CT molecular complexity index is 422. The van der Waals surface area contributed by atoms with E-state index < -0.39 is 0 Å². The number of aryl methyl sites for hydroxylation is 1. The number of benzene rings is 1. The highest BCUT2D eigenvalue weighted by molar-refractivity contribution is 5.83. The van der Waals surface area contributed by atoms with Gasteiger partial charge >= 0.3 is 0 Å². The quantitative estimate of drug-likeness (QED) is 0.855. The van der Waals surface area contributed by atoms with Gasteiger partial charge in [-0.2, -0.15) is 0 Å². The van der Waals surface area contributed by atoms with Gasteiger partial charge in [-0.15, -0.1) is 0 Å². The Labute approximate surface area is 109 Å². The molecule has 1 fully saturated rings. The molecule has 3 nitrogen and oxygen atoms in total. The van der Waals surface area contributed by atoms with Gasteiger partial charge in [-0.25, -0.2) is 0 Å². The first-order valence-corrected chi connectivity index (χ1v) is 6.70. The van der Waals surface area contributed by atoms with Crippen LogP contribution in [-0.2, 0) is 11.3 Å². The van der Waals surface area contributed by atoms with Gasteiger partial charge in [0.2, 0.25) is 5.91 Å². The lowest BCUT2D eigenvalue weighted by Crippen LogP contribution is -2.43. The normalized spacial score (nSPS) is 17.7. The minimum absolute atomic E-state index is 0.129. The Kier molecular flexibility index (Phi) is 4.02. The molecule has 3 N–H and O–H groups in total. The number of rotatable bonds is 4. The van der Waals surface area contributed by atoms with Crippen LogP contribution in [-0.4, -0.2) is 12.5 Å². The molecule has 1 saturated carbocycles. The number of hydrogen-bond donors (Lipinski definition) is 2. The third-order valence-corrected chi connectivity index (χ3v) is 3.97. The van der Waals surface area contributed by atoms with Crippen molar-refractivity contribution in [1.29, 1.82) is 0 Å². The number of nitrogens with two attached hydrogens (primary N) is 1. The molecule has 18 heavy (non-hydrogen) atoms. The van der Waals surface area contributed by atoms with Gasteiger partial charge in [0.25, 0.3) is 0 Å². The van der Waals surface area contributed by atoms with E-state index in [1.54, 1.807) is 0 Å². The number of carbonyl (C=O) groups excluding carboxylic acids is 1. The first-order valence-electron chi connectivity index (χ1n) is 6.70. The summed E-state index contributed by atoms with van der Waals surface area (Å²) in [6, 6.07) is 8.22. The molecular weight excluding hydrogens is 224 g/mol. The van der Waals surface area contributed by atoms with Crippen LogP contribution in [0.15, 0.2) is 24.3 Å². The van der Waals surface area contributed by atoms with E-state index in [1.807, 2.05) is 12.1 Å². The average molecular weight is 246 g/mol. The van der Waals surface area contributed by atoms with Crippen LogP contribution in [0.5, 0.6) is 0 Å². The summed E-state index contributed by atoms with van der Waals surface area (Å²) in [4.78, 5) is 12.3. The predicted molar refractivity (Wildman–Crippen MR) is 73.0 cm³/mol. The summed E-state index contributed by atoms with van der Waals surface area (Å²) >= 11 is 0. The fourth-order valence-electron chi connectivity index (χ4n) is 2.77. The molecule has 0 bridgehead atoms. The molecule has 0 aromatic heterocycles. The summed E-state index contributed by atoms with van der Waals surface area (Å²) in [6.07, 6.45) is 4.11. The lowest BCUT2D eigenvalue weighted by molar-refractivity contribution is -0.130. The van der Waals surface area contributed by atoms with Crippen LogP contribution in [0, 0.1) is 12.3 Å². The first kappa shape index (κ1) is 13.1. The summed E-state index contributed by atoms with van der Waals surface area (Å²) in [5.41, 5.74) is 7.87. The van der Waals surface area contributed by atoms with E-state index in [0.717, 1.165) is 31.2 Å². The summed E-state index contributed by atoms with van der Waals surface area (Å²) in [7, 11) is 0. The van der Waals surface area contributed by atoms with Crippen LogP contribution in [0.1, 0.15) is 36.8 Å². The smallest absolute Gasteiger partial charge is 0.227 e. The van der Waals surface area contributed by atoms with Gasteiger partial charge in [-0.05, 0) is 25.3 Å². The van der Waals surface area contributed by atoms with E-state index in [9.17, 15) is 4.79 Å². The Morgan fingerprint density at radius 1 is 1.39 bits per heavy atom. The standard InChI is InChI=1S/C15H22N2O/c1-12-5-4-6-13(9-12)10-17-14(18)15(11-16)7-2-3-8-15/h4-6,9H,2-3,7-8,10-11,16H2,1H3,(H,17,18). The van der Waals surface area contributed by atoms with Gasteiger partial charge in [-0.1, -0.05) is 42.7 Å². The maximum atomic E-state index is 12.3. The molecule has 98 valence electrons. The lowest BCUT2D eigenvalue weighted by atomic mass is 9.85. The van der Waals surface area contributed by atoms with Crippen molar-refractivity contribution < 1.29 is 4.79 Å². The third-order valence-electron chi connectivity index (χ3n) is 3.97. The lowest BCUT2D eigenvalue weighted by Gasteiger charge is -2.25. The average Bonchev–Trinajstić information content (AvgIpc) is 2.86. The Morgan fingerprint density at radius 2 is 2.11 bits per heavy atom. The second-order valence-electron chi connectivity index (χ2n) is 5.36. The topological polar surface area (TPSA) is 55.1 Å². The van der Waals surface area contributed by atoms with Crippen molar-refractivity contribution in [2.45, 2.75) is 39.2 Å². The van der Waals surface area contributed by atoms with Crippen molar-refractivity contribution in [3.63, 3.8) is 0 Å². The highest BCUT2D eigenvalue weighted by atomic mass is 16.2. The van der Waals surface area contributed by atoms with Gasteiger partial charge in [0, 0.05) is 13.1 Å². The van der Waals surface area contributed by atoms with Crippen molar-refractivity contribution in [2.24, 2.45) is 11.1 Å². The van der Waals surface area contributed by atoms with Gasteiger partial charge in [0.05, 0.1) is 5.41 Å². The van der Waals surface area contributed by atoms with Crippen LogP contribution >= 0.6 is 0 Å². The van der Waals surface area contributed by atoms with Crippen molar-refractivity contribution in [1.82, 2.24) is 5.32 Å². The van der Waals surface area contributed by atoms with Crippen molar-refractivity contribution in [2.75, 3.05) is 6.54 Å². The molecule has 1 aromatic rings. The molecule has 0 heterocycles. The maximum Gasteiger partial charge on any atom is 0.227 e. The Hall–Kier alpha value is -1.35. The highest BCUT2D eigenvalue weighted by Gasteiger charge is 2.39. The SMILES string of the molecule is Cc1cccc(CNC(=O)C2(CN)CCCC2)c1. The van der Waals surface area contributed by atoms with E-state index in [4.69, 9.17) is 5.73 Å². The Balaban J connectivity index is 1.95. The van der Waals surface area contributed by atoms with Crippen molar-refractivity contribution >= 4 is 5.91 Å². The molecule has 0 spiro atoms. The zero-order valence-electron chi connectivity index (χ0n) is 11.0. The third kappa shape index (κ3) is 2.72. The molecule has 0 aliphatic heterocycles. The zero-order valence-corrected chi connectivity index (χ0v) is 11.0. The van der Waals surface area contributed by atoms with Crippen molar-refractivity contribution in [3.8, 4) is 0 Å². The van der Waals surface area contributed by atoms with E-state index in [2.05, 4.69) is 24.4 Å². The number of hydrogen-bond acceptors (Lipinski definition) is 2. The maximum absolute atomic E-state index is 12.3. The predicted octanol–water partition coefficient (Wildman–Crippen LogP) is 2.13. The summed E-state index contributed by atoms with van der Waals surface area (Å²) in [5.74, 6) is 0.129. The largest absolute Gasteiger partial charge is 0.352 e. The fourth-order valence-corrected chi connectivity index (χ4v) is 2.77. The van der Waals surface area contributed by atoms with Crippen LogP contribution in [0.3, 0.4) is 0 Å². The first-order chi connectivity index (χ1) is 8.66. The molecule has 0 radical (unpaired) electrons. The Morgan fingerprint density at radius 3 is 2.72 bits per heavy atom. The van der Waals surface area contributed by atoms with Crippen molar-refractivity contribution in [3.05, 3.63) is 35.4 Å². The molecule has 0 atom stereocenters. The van der Waals surface area contributed by atoms with Crippen LogP contribution in [0.2, 0.25) is 0 Å². The molecule has 1 amide bonds. The monoisotopic (exact) mass is 246 g/mol. The summed E-state index contributed by atoms with van der Waals surface area (Å²) in [6.45, 7) is 3.12. The highest BCUT2D eigenvalue weighted by Crippen LogP contribution is 2.37. The van der Waals surface area contributed by atoms with Crippen LogP contribution in [0.25, 0.3) is 0 Å². The number of nitrogens with one attached hydrogen (secondary N) is 1. The molecule has 2 rings (SSSR count). The molecule has 1 aliphatic carbocycles. The minimum atomic E-state index is -0.302. The molecule has 0 unspecified atom stereocenters. The molecule has 3 heteroatoms. The summed E-state index contributed by atoms with van der Waals surface area (Å²) in [5, 5.41) is 3.04. The minimum Gasteiger partial charge on any atom is -0.352 e.